The van der Waals surface area contributed by atoms with Crippen molar-refractivity contribution >= 4 is 11.8 Å². The van der Waals surface area contributed by atoms with Crippen LogP contribution in [0, 0.1) is 4.91 Å². The van der Waals surface area contributed by atoms with Gasteiger partial charge in [0, 0.05) is 19.9 Å². The fourth-order valence-corrected chi connectivity index (χ4v) is 1.80. The second kappa shape index (κ2) is 4.24. The van der Waals surface area contributed by atoms with Gasteiger partial charge in [-0.3, -0.25) is 9.59 Å². The maximum absolute atomic E-state index is 11.2. The molecule has 0 spiro atoms. The molecule has 1 heterocycles. The Labute approximate surface area is 87.1 Å². The van der Waals surface area contributed by atoms with Crippen molar-refractivity contribution in [3.05, 3.63) is 4.91 Å². The van der Waals surface area contributed by atoms with Gasteiger partial charge in [-0.05, 0) is 0 Å². The first kappa shape index (κ1) is 11.4. The first-order valence-corrected chi connectivity index (χ1v) is 4.65. The van der Waals surface area contributed by atoms with Crippen LogP contribution in [0.4, 0.5) is 0 Å². The number of nitrogens with zero attached hydrogens (tertiary/aromatic N) is 2. The molecule has 0 aromatic rings. The number of hydrogen-bond donors (Lipinski definition) is 2. The van der Waals surface area contributed by atoms with E-state index in [1.165, 1.54) is 18.9 Å². The minimum atomic E-state index is -0.611. The Balaban J connectivity index is 2.69. The van der Waals surface area contributed by atoms with Crippen molar-refractivity contribution in [1.82, 2.24) is 10.3 Å². The molecule has 0 bridgehead atoms. The lowest BCUT2D eigenvalue weighted by Crippen LogP contribution is -2.42. The molecule has 2 unspecified atom stereocenters. The highest BCUT2D eigenvalue weighted by Gasteiger charge is 2.38. The maximum Gasteiger partial charge on any atom is 0.240 e. The van der Waals surface area contributed by atoms with Gasteiger partial charge in [-0.1, -0.05) is 0 Å². The summed E-state index contributed by atoms with van der Waals surface area (Å²) in [5.74, 6) is -0.750. The van der Waals surface area contributed by atoms with Crippen LogP contribution in [0.5, 0.6) is 0 Å². The summed E-state index contributed by atoms with van der Waals surface area (Å²) in [6.45, 7) is 1.70. The summed E-state index contributed by atoms with van der Waals surface area (Å²) < 4.78 is 0. The number of primary amides is 1. The van der Waals surface area contributed by atoms with E-state index in [9.17, 15) is 14.5 Å². The standard InChI is InChI=1S/C8H14N4O3/c1-5(13)12-4-6(10-11(2)15)3-7(12)8(9)14/h6-7H,3-4H2,1-2H3,(H2-,9,10,14,15)/p+1. The van der Waals surface area contributed by atoms with E-state index < -0.39 is 11.9 Å². The van der Waals surface area contributed by atoms with Crippen molar-refractivity contribution in [2.24, 2.45) is 5.73 Å². The lowest BCUT2D eigenvalue weighted by molar-refractivity contribution is -0.585. The minimum Gasteiger partial charge on any atom is -0.368 e. The molecule has 0 radical (unpaired) electrons. The third-order valence-corrected chi connectivity index (χ3v) is 2.40. The lowest BCUT2D eigenvalue weighted by Gasteiger charge is -2.19. The highest BCUT2D eigenvalue weighted by Crippen LogP contribution is 2.17. The molecule has 1 aliphatic heterocycles. The quantitative estimate of drug-likeness (QED) is 0.436. The van der Waals surface area contributed by atoms with E-state index in [2.05, 4.69) is 5.43 Å². The molecule has 1 fully saturated rings. The normalized spacial score (nSPS) is 25.1. The maximum atomic E-state index is 11.2. The fourth-order valence-electron chi connectivity index (χ4n) is 1.80. The van der Waals surface area contributed by atoms with Gasteiger partial charge in [0.1, 0.15) is 17.0 Å². The number of nitrogens with one attached hydrogen (secondary N) is 1. The Kier molecular flexibility index (Phi) is 3.23. The molecular formula is C8H15N4O3+. The second-order valence-electron chi connectivity index (χ2n) is 3.65. The van der Waals surface area contributed by atoms with Gasteiger partial charge in [0.25, 0.3) is 0 Å². The number of hydrogen-bond acceptors (Lipinski definition) is 3. The zero-order valence-corrected chi connectivity index (χ0v) is 8.77. The highest BCUT2D eigenvalue weighted by molar-refractivity contribution is 5.86. The number of hydrazine groups is 1. The topological polar surface area (TPSA) is 95.5 Å². The van der Waals surface area contributed by atoms with E-state index in [-0.39, 0.29) is 11.9 Å². The molecule has 2 atom stereocenters. The van der Waals surface area contributed by atoms with E-state index in [1.54, 1.807) is 0 Å². The predicted octanol–water partition coefficient (Wildman–Crippen LogP) is -1.63. The molecule has 15 heavy (non-hydrogen) atoms. The summed E-state index contributed by atoms with van der Waals surface area (Å²) >= 11 is 0. The zero-order chi connectivity index (χ0) is 11.6. The van der Waals surface area contributed by atoms with E-state index in [4.69, 9.17) is 5.73 Å². The summed E-state index contributed by atoms with van der Waals surface area (Å²) in [5, 5.41) is 0. The van der Waals surface area contributed by atoms with Crippen molar-refractivity contribution in [2.75, 3.05) is 13.6 Å². The monoisotopic (exact) mass is 215 g/mol. The SMILES string of the molecule is CC(=O)N1CC(N[N+](C)=O)CC1C(N)=O. The van der Waals surface area contributed by atoms with Crippen LogP contribution in [-0.4, -0.2) is 47.3 Å². The first-order chi connectivity index (χ1) is 6.91. The fraction of sp³-hybridized carbons (Fsp3) is 0.750. The number of carbonyl (C=O) groups is 2. The van der Waals surface area contributed by atoms with Crippen LogP contribution in [0.15, 0.2) is 0 Å². The first-order valence-electron chi connectivity index (χ1n) is 4.65. The molecule has 1 rings (SSSR count). The third kappa shape index (κ3) is 2.64. The molecule has 7 heteroatoms. The van der Waals surface area contributed by atoms with Gasteiger partial charge in [0.05, 0.1) is 4.91 Å². The Morgan fingerprint density at radius 3 is 2.47 bits per heavy atom. The second-order valence-corrected chi connectivity index (χ2v) is 3.65. The van der Waals surface area contributed by atoms with Crippen LogP contribution < -0.4 is 11.2 Å². The number of rotatable bonds is 3. The molecule has 0 aromatic heterocycles. The molecule has 3 N–H and O–H groups in total. The van der Waals surface area contributed by atoms with Gasteiger partial charge in [-0.25, -0.2) is 0 Å². The van der Waals surface area contributed by atoms with Crippen molar-refractivity contribution in [1.29, 1.82) is 0 Å². The number of amides is 2. The summed E-state index contributed by atoms with van der Waals surface area (Å²) in [6, 6.07) is -0.825. The Morgan fingerprint density at radius 2 is 2.13 bits per heavy atom. The molecule has 7 nitrogen and oxygen atoms in total. The largest absolute Gasteiger partial charge is 0.368 e. The lowest BCUT2D eigenvalue weighted by atomic mass is 10.2. The van der Waals surface area contributed by atoms with Crippen LogP contribution >= 0.6 is 0 Å². The summed E-state index contributed by atoms with van der Waals surface area (Å²) in [6.07, 6.45) is 0.376. The van der Waals surface area contributed by atoms with Crippen LogP contribution in [0.1, 0.15) is 13.3 Å². The van der Waals surface area contributed by atoms with Crippen molar-refractivity contribution in [3.8, 4) is 0 Å². The molecule has 0 aromatic carbocycles. The minimum absolute atomic E-state index is 0.211. The molecule has 0 aliphatic carbocycles. The Bertz CT molecular complexity index is 282. The van der Waals surface area contributed by atoms with Gasteiger partial charge >= 0.3 is 0 Å². The molecule has 1 aliphatic rings. The smallest absolute Gasteiger partial charge is 0.240 e. The average molecular weight is 215 g/mol. The van der Waals surface area contributed by atoms with Gasteiger partial charge in [-0.15, -0.1) is 5.43 Å². The summed E-state index contributed by atoms with van der Waals surface area (Å²) in [5.41, 5.74) is 7.75. The van der Waals surface area contributed by atoms with E-state index in [1.807, 2.05) is 0 Å². The molecule has 0 saturated carbocycles. The van der Waals surface area contributed by atoms with Crippen molar-refractivity contribution in [3.63, 3.8) is 0 Å². The van der Waals surface area contributed by atoms with Crippen LogP contribution in [0.3, 0.4) is 0 Å². The average Bonchev–Trinajstić information content (AvgIpc) is 2.46. The summed E-state index contributed by atoms with van der Waals surface area (Å²) in [4.78, 5) is 34.9. The van der Waals surface area contributed by atoms with Gasteiger partial charge in [0.15, 0.2) is 0 Å². The van der Waals surface area contributed by atoms with Crippen molar-refractivity contribution < 1.29 is 14.5 Å². The van der Waals surface area contributed by atoms with Crippen LogP contribution in [0.25, 0.3) is 0 Å². The van der Waals surface area contributed by atoms with Crippen molar-refractivity contribution in [2.45, 2.75) is 25.4 Å². The molecule has 1 saturated heterocycles. The van der Waals surface area contributed by atoms with E-state index in [0.29, 0.717) is 17.8 Å². The van der Waals surface area contributed by atoms with Gasteiger partial charge < -0.3 is 10.6 Å². The molecular weight excluding hydrogens is 200 g/mol. The van der Waals surface area contributed by atoms with Gasteiger partial charge in [-0.2, -0.15) is 0 Å². The summed E-state index contributed by atoms with van der Waals surface area (Å²) in [7, 11) is 1.32. The highest BCUT2D eigenvalue weighted by atomic mass is 16.3. The number of likely N-dealkylation sites (tertiary alicyclic amines) is 1. The zero-order valence-electron chi connectivity index (χ0n) is 8.77. The van der Waals surface area contributed by atoms with E-state index >= 15 is 0 Å². The third-order valence-electron chi connectivity index (χ3n) is 2.40. The molecule has 84 valence electrons. The number of nitroso groups, excluding NO2 is 1. The molecule has 2 amide bonds. The van der Waals surface area contributed by atoms with Gasteiger partial charge in [0.2, 0.25) is 18.9 Å². The Morgan fingerprint density at radius 1 is 1.53 bits per heavy atom. The van der Waals surface area contributed by atoms with Crippen LogP contribution in [0.2, 0.25) is 0 Å². The van der Waals surface area contributed by atoms with E-state index in [0.717, 1.165) is 0 Å². The Hall–Kier alpha value is -1.66. The number of nitrogens with two attached hydrogens (primary N) is 1. The predicted molar refractivity (Wildman–Crippen MR) is 51.5 cm³/mol. The van der Waals surface area contributed by atoms with Crippen LogP contribution in [-0.2, 0) is 9.59 Å². The number of carbonyl (C=O) groups excluding carboxylic acids is 2.